The van der Waals surface area contributed by atoms with Crippen molar-refractivity contribution in [2.24, 2.45) is 11.8 Å². The van der Waals surface area contributed by atoms with Crippen molar-refractivity contribution in [2.45, 2.75) is 33.2 Å². The van der Waals surface area contributed by atoms with Crippen molar-refractivity contribution in [3.05, 3.63) is 29.3 Å². The Bertz CT molecular complexity index is 611. The Hall–Kier alpha value is -1.89. The van der Waals surface area contributed by atoms with Crippen molar-refractivity contribution in [1.29, 1.82) is 0 Å². The summed E-state index contributed by atoms with van der Waals surface area (Å²) < 4.78 is 38.6. The van der Waals surface area contributed by atoms with Crippen LogP contribution in [0.5, 0.6) is 5.75 Å². The van der Waals surface area contributed by atoms with Crippen LogP contribution in [0.3, 0.4) is 0 Å². The summed E-state index contributed by atoms with van der Waals surface area (Å²) in [5, 5.41) is 2.82. The molecule has 1 aliphatic heterocycles. The highest BCUT2D eigenvalue weighted by Gasteiger charge is 2.47. The molecule has 1 aromatic carbocycles. The van der Waals surface area contributed by atoms with Crippen LogP contribution in [0, 0.1) is 18.8 Å². The number of carbonyl (C=O) groups is 1. The first-order valence-electron chi connectivity index (χ1n) is 8.87. The molecule has 5 nitrogen and oxygen atoms in total. The van der Waals surface area contributed by atoms with Crippen molar-refractivity contribution in [2.75, 3.05) is 33.4 Å². The molecule has 0 radical (unpaired) electrons. The summed E-state index contributed by atoms with van der Waals surface area (Å²) in [6, 6.07) is 5.41. The molecule has 2 unspecified atom stereocenters. The standard InChI is InChI=1S/C19H28F2N2O3/c1-13-5-6-16(17(9-13)26-8-7-25-4)10-22-18(24)23-11-14(2)19(20,21)15(3)12-23/h5-6,9,14-15H,7-8,10-12H2,1-4H3,(H,22,24). The molecule has 0 spiro atoms. The molecule has 1 aliphatic rings. The number of ether oxygens (including phenoxy) is 2. The number of amides is 2. The summed E-state index contributed by atoms with van der Waals surface area (Å²) in [5.74, 6) is -3.77. The van der Waals surface area contributed by atoms with Gasteiger partial charge in [-0.15, -0.1) is 0 Å². The van der Waals surface area contributed by atoms with Crippen LogP contribution in [0.4, 0.5) is 13.6 Å². The van der Waals surface area contributed by atoms with Crippen LogP contribution in [0.2, 0.25) is 0 Å². The molecule has 2 amide bonds. The molecule has 1 N–H and O–H groups in total. The summed E-state index contributed by atoms with van der Waals surface area (Å²) in [4.78, 5) is 13.9. The minimum atomic E-state index is -2.74. The number of urea groups is 1. The second-order valence-electron chi connectivity index (χ2n) is 6.99. The van der Waals surface area contributed by atoms with Gasteiger partial charge < -0.3 is 19.7 Å². The van der Waals surface area contributed by atoms with E-state index in [0.29, 0.717) is 19.0 Å². The van der Waals surface area contributed by atoms with E-state index in [1.165, 1.54) is 18.7 Å². The number of likely N-dealkylation sites (tertiary alicyclic amines) is 1. The minimum absolute atomic E-state index is 0.0499. The van der Waals surface area contributed by atoms with Gasteiger partial charge in [-0.25, -0.2) is 13.6 Å². The molecule has 0 aromatic heterocycles. The monoisotopic (exact) mass is 370 g/mol. The maximum atomic E-state index is 13.9. The fourth-order valence-corrected chi connectivity index (χ4v) is 3.09. The Morgan fingerprint density at radius 2 is 1.92 bits per heavy atom. The highest BCUT2D eigenvalue weighted by Crippen LogP contribution is 2.37. The number of benzene rings is 1. The van der Waals surface area contributed by atoms with Crippen LogP contribution >= 0.6 is 0 Å². The second-order valence-corrected chi connectivity index (χ2v) is 6.99. The first-order valence-corrected chi connectivity index (χ1v) is 8.87. The van der Waals surface area contributed by atoms with Gasteiger partial charge in [0, 0.05) is 44.1 Å². The van der Waals surface area contributed by atoms with Crippen LogP contribution < -0.4 is 10.1 Å². The van der Waals surface area contributed by atoms with Crippen molar-refractivity contribution in [3.63, 3.8) is 0 Å². The van der Waals surface area contributed by atoms with Crippen LogP contribution in [0.1, 0.15) is 25.0 Å². The smallest absolute Gasteiger partial charge is 0.317 e. The zero-order valence-electron chi connectivity index (χ0n) is 15.9. The van der Waals surface area contributed by atoms with E-state index >= 15 is 0 Å². The Morgan fingerprint density at radius 3 is 2.54 bits per heavy atom. The number of nitrogens with one attached hydrogen (secondary N) is 1. The highest BCUT2D eigenvalue weighted by molar-refractivity contribution is 5.74. The van der Waals surface area contributed by atoms with Gasteiger partial charge in [0.1, 0.15) is 12.4 Å². The number of rotatable bonds is 6. The van der Waals surface area contributed by atoms with E-state index in [1.54, 1.807) is 7.11 Å². The van der Waals surface area contributed by atoms with Gasteiger partial charge in [-0.05, 0) is 18.6 Å². The number of aryl methyl sites for hydroxylation is 1. The third kappa shape index (κ3) is 4.84. The lowest BCUT2D eigenvalue weighted by Crippen LogP contribution is -2.55. The number of hydrogen-bond acceptors (Lipinski definition) is 3. The van der Waals surface area contributed by atoms with Crippen LogP contribution in [-0.4, -0.2) is 50.3 Å². The van der Waals surface area contributed by atoms with Gasteiger partial charge in [0.05, 0.1) is 6.61 Å². The third-order valence-electron chi connectivity index (χ3n) is 4.79. The van der Waals surface area contributed by atoms with Gasteiger partial charge in [0.2, 0.25) is 0 Å². The van der Waals surface area contributed by atoms with Crippen LogP contribution in [-0.2, 0) is 11.3 Å². The number of methoxy groups -OCH3 is 1. The largest absolute Gasteiger partial charge is 0.491 e. The molecule has 0 aliphatic carbocycles. The number of halogens is 2. The summed E-state index contributed by atoms with van der Waals surface area (Å²) in [5.41, 5.74) is 1.89. The first-order chi connectivity index (χ1) is 12.3. The lowest BCUT2D eigenvalue weighted by molar-refractivity contribution is -0.131. The average molecular weight is 370 g/mol. The molecular formula is C19H28F2N2O3. The van der Waals surface area contributed by atoms with E-state index in [2.05, 4.69) is 5.32 Å². The SMILES string of the molecule is COCCOc1cc(C)ccc1CNC(=O)N1CC(C)C(F)(F)C(C)C1. The topological polar surface area (TPSA) is 50.8 Å². The van der Waals surface area contributed by atoms with Crippen LogP contribution in [0.15, 0.2) is 18.2 Å². The minimum Gasteiger partial charge on any atom is -0.491 e. The molecule has 1 aromatic rings. The zero-order valence-corrected chi connectivity index (χ0v) is 15.9. The van der Waals surface area contributed by atoms with Crippen LogP contribution in [0.25, 0.3) is 0 Å². The van der Waals surface area contributed by atoms with Gasteiger partial charge in [-0.3, -0.25) is 0 Å². The molecule has 26 heavy (non-hydrogen) atoms. The lowest BCUT2D eigenvalue weighted by atomic mass is 9.87. The molecular weight excluding hydrogens is 342 g/mol. The van der Waals surface area contributed by atoms with Gasteiger partial charge >= 0.3 is 6.03 Å². The zero-order chi connectivity index (χ0) is 19.3. The van der Waals surface area contributed by atoms with Gasteiger partial charge in [-0.1, -0.05) is 26.0 Å². The van der Waals surface area contributed by atoms with Crippen molar-refractivity contribution in [1.82, 2.24) is 10.2 Å². The summed E-state index contributed by atoms with van der Waals surface area (Å²) in [6.45, 7) is 6.19. The quantitative estimate of drug-likeness (QED) is 0.781. The fraction of sp³-hybridized carbons (Fsp3) is 0.632. The molecule has 0 saturated carbocycles. The van der Waals surface area contributed by atoms with Gasteiger partial charge in [0.15, 0.2) is 0 Å². The van der Waals surface area contributed by atoms with E-state index < -0.39 is 17.8 Å². The summed E-state index contributed by atoms with van der Waals surface area (Å²) >= 11 is 0. The van der Waals surface area contributed by atoms with Crippen molar-refractivity contribution in [3.8, 4) is 5.75 Å². The number of nitrogens with zero attached hydrogens (tertiary/aromatic N) is 1. The van der Waals surface area contributed by atoms with E-state index in [1.807, 2.05) is 25.1 Å². The molecule has 0 bridgehead atoms. The van der Waals surface area contributed by atoms with Crippen molar-refractivity contribution < 1.29 is 23.0 Å². The summed E-state index contributed by atoms with van der Waals surface area (Å²) in [6.07, 6.45) is 0. The maximum absolute atomic E-state index is 13.9. The molecule has 1 saturated heterocycles. The van der Waals surface area contributed by atoms with E-state index in [0.717, 1.165) is 11.1 Å². The maximum Gasteiger partial charge on any atom is 0.317 e. The molecule has 1 heterocycles. The van der Waals surface area contributed by atoms with Gasteiger partial charge in [-0.2, -0.15) is 0 Å². The fourth-order valence-electron chi connectivity index (χ4n) is 3.09. The first kappa shape index (κ1) is 20.4. The lowest BCUT2D eigenvalue weighted by Gasteiger charge is -2.41. The van der Waals surface area contributed by atoms with E-state index in [9.17, 15) is 13.6 Å². The Balaban J connectivity index is 1.97. The van der Waals surface area contributed by atoms with Gasteiger partial charge in [0.25, 0.3) is 5.92 Å². The Kier molecular flexibility index (Phi) is 6.81. The third-order valence-corrected chi connectivity index (χ3v) is 4.79. The normalized spacial score (nSPS) is 22.2. The van der Waals surface area contributed by atoms with Crippen molar-refractivity contribution >= 4 is 6.03 Å². The molecule has 2 atom stereocenters. The highest BCUT2D eigenvalue weighted by atomic mass is 19.3. The number of alkyl halides is 2. The van der Waals surface area contributed by atoms with E-state index in [4.69, 9.17) is 9.47 Å². The Morgan fingerprint density at radius 1 is 1.27 bits per heavy atom. The number of piperidine rings is 1. The number of hydrogen-bond donors (Lipinski definition) is 1. The van der Waals surface area contributed by atoms with E-state index in [-0.39, 0.29) is 25.7 Å². The molecule has 146 valence electrons. The second kappa shape index (κ2) is 8.66. The Labute approximate surface area is 153 Å². The molecule has 7 heteroatoms. The molecule has 2 rings (SSSR count). The predicted molar refractivity (Wildman–Crippen MR) is 95.6 cm³/mol. The number of carbonyl (C=O) groups excluding carboxylic acids is 1. The average Bonchev–Trinajstić information content (AvgIpc) is 2.59. The summed E-state index contributed by atoms with van der Waals surface area (Å²) in [7, 11) is 1.60. The molecule has 1 fully saturated rings. The predicted octanol–water partition coefficient (Wildman–Crippen LogP) is 3.45.